The van der Waals surface area contributed by atoms with Gasteiger partial charge in [-0.15, -0.1) is 0 Å². The second-order valence-electron chi connectivity index (χ2n) is 3.02. The lowest BCUT2D eigenvalue weighted by Gasteiger charge is -2.00. The number of aliphatic imine (C=N–C) groups is 1. The third kappa shape index (κ3) is 3.30. The molecule has 0 bridgehead atoms. The molecule has 0 saturated heterocycles. The SMILES string of the molecule is C=C(C)C(N)=Nc1cccc(S(=O)O)c1. The van der Waals surface area contributed by atoms with Gasteiger partial charge in [-0.05, 0) is 30.7 Å². The van der Waals surface area contributed by atoms with E-state index in [-0.39, 0.29) is 0 Å². The fourth-order valence-electron chi connectivity index (χ4n) is 0.896. The minimum absolute atomic E-state index is 0.297. The van der Waals surface area contributed by atoms with Gasteiger partial charge in [0.15, 0.2) is 11.1 Å². The van der Waals surface area contributed by atoms with Gasteiger partial charge in [-0.25, -0.2) is 9.20 Å². The first kappa shape index (κ1) is 11.6. The van der Waals surface area contributed by atoms with Crippen LogP contribution in [-0.2, 0) is 11.1 Å². The van der Waals surface area contributed by atoms with Gasteiger partial charge in [0.2, 0.25) is 0 Å². The molecule has 80 valence electrons. The van der Waals surface area contributed by atoms with E-state index in [1.165, 1.54) is 6.07 Å². The zero-order valence-corrected chi connectivity index (χ0v) is 9.12. The van der Waals surface area contributed by atoms with Gasteiger partial charge in [-0.3, -0.25) is 0 Å². The van der Waals surface area contributed by atoms with E-state index < -0.39 is 11.1 Å². The standard InChI is InChI=1S/C10H12N2O2S/c1-7(2)10(11)12-8-4-3-5-9(6-8)15(13)14/h3-6H,1H2,2H3,(H2,11,12)(H,13,14). The predicted octanol–water partition coefficient (Wildman–Crippen LogP) is 1.83. The van der Waals surface area contributed by atoms with Crippen LogP contribution in [0.2, 0.25) is 0 Å². The van der Waals surface area contributed by atoms with E-state index in [0.717, 1.165) is 0 Å². The average molecular weight is 224 g/mol. The number of nitrogens with two attached hydrogens (primary N) is 1. The van der Waals surface area contributed by atoms with Gasteiger partial charge in [0, 0.05) is 0 Å². The zero-order chi connectivity index (χ0) is 11.4. The predicted molar refractivity (Wildman–Crippen MR) is 61.6 cm³/mol. The molecule has 0 aliphatic heterocycles. The van der Waals surface area contributed by atoms with Crippen molar-refractivity contribution in [3.05, 3.63) is 36.4 Å². The largest absolute Gasteiger partial charge is 0.383 e. The van der Waals surface area contributed by atoms with Crippen molar-refractivity contribution in [2.75, 3.05) is 0 Å². The van der Waals surface area contributed by atoms with Crippen molar-refractivity contribution in [2.24, 2.45) is 10.7 Å². The first-order chi connectivity index (χ1) is 7.00. The number of amidine groups is 1. The zero-order valence-electron chi connectivity index (χ0n) is 8.30. The molecule has 0 aromatic heterocycles. The molecule has 3 N–H and O–H groups in total. The lowest BCUT2D eigenvalue weighted by Crippen LogP contribution is -2.11. The molecule has 0 radical (unpaired) electrons. The Kier molecular flexibility index (Phi) is 3.76. The smallest absolute Gasteiger partial charge is 0.186 e. The molecular weight excluding hydrogens is 212 g/mol. The molecule has 0 fully saturated rings. The molecule has 0 spiro atoms. The maximum Gasteiger partial charge on any atom is 0.186 e. The highest BCUT2D eigenvalue weighted by Gasteiger charge is 2.00. The van der Waals surface area contributed by atoms with Crippen LogP contribution in [0.4, 0.5) is 5.69 Å². The Morgan fingerprint density at radius 2 is 2.27 bits per heavy atom. The Labute approximate surface area is 90.8 Å². The fourth-order valence-corrected chi connectivity index (χ4v) is 1.31. The van der Waals surface area contributed by atoms with Crippen LogP contribution < -0.4 is 5.73 Å². The lowest BCUT2D eigenvalue weighted by molar-refractivity contribution is 0.564. The van der Waals surface area contributed by atoms with E-state index in [1.807, 2.05) is 0 Å². The Hall–Kier alpha value is -1.46. The summed E-state index contributed by atoms with van der Waals surface area (Å²) in [7, 11) is 0. The normalized spacial score (nSPS) is 13.6. The third-order valence-corrected chi connectivity index (χ3v) is 2.36. The molecule has 0 heterocycles. The van der Waals surface area contributed by atoms with Gasteiger partial charge >= 0.3 is 0 Å². The van der Waals surface area contributed by atoms with Crippen LogP contribution in [-0.4, -0.2) is 14.6 Å². The van der Waals surface area contributed by atoms with E-state index in [4.69, 9.17) is 10.3 Å². The first-order valence-electron chi connectivity index (χ1n) is 4.21. The summed E-state index contributed by atoms with van der Waals surface area (Å²) in [6, 6.07) is 6.40. The third-order valence-electron chi connectivity index (χ3n) is 1.71. The summed E-state index contributed by atoms with van der Waals surface area (Å²) in [5.74, 6) is 0.316. The molecule has 1 rings (SSSR count). The maximum absolute atomic E-state index is 10.8. The quantitative estimate of drug-likeness (QED) is 0.467. The van der Waals surface area contributed by atoms with Crippen LogP contribution in [0.15, 0.2) is 46.3 Å². The van der Waals surface area contributed by atoms with E-state index in [0.29, 0.717) is 22.0 Å². The highest BCUT2D eigenvalue weighted by Crippen LogP contribution is 2.16. The summed E-state index contributed by atoms with van der Waals surface area (Å²) in [5.41, 5.74) is 6.78. The van der Waals surface area contributed by atoms with Crippen molar-refractivity contribution < 1.29 is 8.76 Å². The van der Waals surface area contributed by atoms with Gasteiger partial charge in [0.1, 0.15) is 5.84 Å². The lowest BCUT2D eigenvalue weighted by atomic mass is 10.3. The van der Waals surface area contributed by atoms with Crippen molar-refractivity contribution in [1.29, 1.82) is 0 Å². The number of benzene rings is 1. The van der Waals surface area contributed by atoms with Gasteiger partial charge in [0.05, 0.1) is 10.6 Å². The number of nitrogens with zero attached hydrogens (tertiary/aromatic N) is 1. The second-order valence-corrected chi connectivity index (χ2v) is 3.99. The first-order valence-corrected chi connectivity index (χ1v) is 5.32. The minimum atomic E-state index is -2.00. The summed E-state index contributed by atoms with van der Waals surface area (Å²) in [5, 5.41) is 0. The molecule has 1 aromatic rings. The van der Waals surface area contributed by atoms with Crippen LogP contribution in [0.1, 0.15) is 6.92 Å². The molecule has 0 aliphatic carbocycles. The van der Waals surface area contributed by atoms with Crippen LogP contribution in [0, 0.1) is 0 Å². The highest BCUT2D eigenvalue weighted by molar-refractivity contribution is 7.79. The van der Waals surface area contributed by atoms with Crippen LogP contribution in [0.3, 0.4) is 0 Å². The fraction of sp³-hybridized carbons (Fsp3) is 0.100. The summed E-state index contributed by atoms with van der Waals surface area (Å²) < 4.78 is 19.7. The second kappa shape index (κ2) is 4.86. The summed E-state index contributed by atoms with van der Waals surface area (Å²) >= 11 is -2.00. The molecule has 15 heavy (non-hydrogen) atoms. The van der Waals surface area contributed by atoms with E-state index in [9.17, 15) is 4.21 Å². The molecule has 1 aromatic carbocycles. The monoisotopic (exact) mass is 224 g/mol. The highest BCUT2D eigenvalue weighted by atomic mass is 32.2. The number of hydrogen-bond donors (Lipinski definition) is 2. The molecule has 0 saturated carbocycles. The molecule has 4 nitrogen and oxygen atoms in total. The minimum Gasteiger partial charge on any atom is -0.383 e. The van der Waals surface area contributed by atoms with E-state index >= 15 is 0 Å². The summed E-state index contributed by atoms with van der Waals surface area (Å²) in [6.45, 7) is 5.39. The Morgan fingerprint density at radius 3 is 2.80 bits per heavy atom. The molecule has 0 amide bonds. The van der Waals surface area contributed by atoms with Crippen LogP contribution >= 0.6 is 0 Å². The maximum atomic E-state index is 10.8. The Balaban J connectivity index is 3.06. The molecule has 1 unspecified atom stereocenters. The Bertz CT molecular complexity index is 441. The molecule has 5 heteroatoms. The van der Waals surface area contributed by atoms with Crippen LogP contribution in [0.5, 0.6) is 0 Å². The topological polar surface area (TPSA) is 75.7 Å². The van der Waals surface area contributed by atoms with Gasteiger partial charge in [0.25, 0.3) is 0 Å². The average Bonchev–Trinajstić information content (AvgIpc) is 2.18. The van der Waals surface area contributed by atoms with E-state index in [2.05, 4.69) is 11.6 Å². The Morgan fingerprint density at radius 1 is 1.60 bits per heavy atom. The summed E-state index contributed by atoms with van der Waals surface area (Å²) in [4.78, 5) is 4.35. The number of rotatable bonds is 3. The van der Waals surface area contributed by atoms with Crippen molar-refractivity contribution >= 4 is 22.6 Å². The molecule has 0 aliphatic rings. The van der Waals surface area contributed by atoms with Crippen molar-refractivity contribution in [3.63, 3.8) is 0 Å². The van der Waals surface area contributed by atoms with Gasteiger partial charge < -0.3 is 10.3 Å². The van der Waals surface area contributed by atoms with Gasteiger partial charge in [-0.2, -0.15) is 0 Å². The van der Waals surface area contributed by atoms with Crippen molar-refractivity contribution in [1.82, 2.24) is 0 Å². The van der Waals surface area contributed by atoms with Gasteiger partial charge in [-0.1, -0.05) is 12.6 Å². The van der Waals surface area contributed by atoms with Crippen molar-refractivity contribution in [3.8, 4) is 0 Å². The summed E-state index contributed by atoms with van der Waals surface area (Å²) in [6.07, 6.45) is 0. The van der Waals surface area contributed by atoms with Crippen LogP contribution in [0.25, 0.3) is 0 Å². The number of hydrogen-bond acceptors (Lipinski definition) is 2. The molecular formula is C10H12N2O2S. The van der Waals surface area contributed by atoms with Crippen molar-refractivity contribution in [2.45, 2.75) is 11.8 Å². The van der Waals surface area contributed by atoms with E-state index in [1.54, 1.807) is 25.1 Å². The molecule has 1 atom stereocenters.